The van der Waals surface area contributed by atoms with Gasteiger partial charge in [0, 0.05) is 17.8 Å². The molecule has 8 heteroatoms. The summed E-state index contributed by atoms with van der Waals surface area (Å²) < 4.78 is 5.07. The molecule has 2 rings (SSSR count). The Labute approximate surface area is 138 Å². The van der Waals surface area contributed by atoms with E-state index in [1.807, 2.05) is 24.3 Å². The molecule has 118 valence electrons. The van der Waals surface area contributed by atoms with Gasteiger partial charge in [-0.25, -0.2) is 0 Å². The van der Waals surface area contributed by atoms with Gasteiger partial charge >= 0.3 is 0 Å². The Kier molecular flexibility index (Phi) is 5.59. The van der Waals surface area contributed by atoms with Crippen LogP contribution in [0.3, 0.4) is 0 Å². The van der Waals surface area contributed by atoms with Crippen LogP contribution in [0.15, 0.2) is 53.6 Å². The number of hydrogen-bond donors (Lipinski definition) is 2. The first-order chi connectivity index (χ1) is 11.1. The van der Waals surface area contributed by atoms with Gasteiger partial charge in [-0.05, 0) is 54.2 Å². The molecule has 0 saturated heterocycles. The van der Waals surface area contributed by atoms with Crippen LogP contribution >= 0.6 is 12.2 Å². The summed E-state index contributed by atoms with van der Waals surface area (Å²) in [7, 11) is 1.60. The highest BCUT2D eigenvalue weighted by Crippen LogP contribution is 2.14. The molecule has 0 spiro atoms. The number of hydrazone groups is 1. The molecule has 2 aromatic rings. The molecule has 0 aromatic heterocycles. The maximum Gasteiger partial charge on any atom is 0.269 e. The Morgan fingerprint density at radius 3 is 2.43 bits per heavy atom. The Morgan fingerprint density at radius 1 is 1.22 bits per heavy atom. The van der Waals surface area contributed by atoms with E-state index in [1.54, 1.807) is 19.2 Å². The van der Waals surface area contributed by atoms with Crippen molar-refractivity contribution < 1.29 is 9.66 Å². The molecule has 0 aliphatic heterocycles. The molecule has 7 nitrogen and oxygen atoms in total. The van der Waals surface area contributed by atoms with E-state index in [-0.39, 0.29) is 5.69 Å². The third-order valence-corrected chi connectivity index (χ3v) is 3.02. The van der Waals surface area contributed by atoms with E-state index < -0.39 is 4.92 Å². The lowest BCUT2D eigenvalue weighted by Crippen LogP contribution is -2.23. The van der Waals surface area contributed by atoms with Crippen molar-refractivity contribution in [1.82, 2.24) is 5.43 Å². The Hall–Kier alpha value is -3.00. The number of nitro groups is 1. The van der Waals surface area contributed by atoms with Crippen molar-refractivity contribution in [2.75, 3.05) is 12.4 Å². The first kappa shape index (κ1) is 16.4. The largest absolute Gasteiger partial charge is 0.497 e. The quantitative estimate of drug-likeness (QED) is 0.379. The number of thiocarbonyl (C=S) groups is 1. The predicted molar refractivity (Wildman–Crippen MR) is 93.0 cm³/mol. The lowest BCUT2D eigenvalue weighted by atomic mass is 10.2. The van der Waals surface area contributed by atoms with Crippen LogP contribution in [0.5, 0.6) is 5.75 Å². The average molecular weight is 330 g/mol. The van der Waals surface area contributed by atoms with E-state index in [9.17, 15) is 10.1 Å². The monoisotopic (exact) mass is 330 g/mol. The van der Waals surface area contributed by atoms with Crippen molar-refractivity contribution in [3.05, 3.63) is 64.2 Å². The Bertz CT molecular complexity index is 715. The molecule has 0 fully saturated rings. The Balaban J connectivity index is 1.86. The molecule has 2 N–H and O–H groups in total. The third kappa shape index (κ3) is 5.04. The zero-order chi connectivity index (χ0) is 16.7. The highest BCUT2D eigenvalue weighted by Gasteiger charge is 2.02. The zero-order valence-electron chi connectivity index (χ0n) is 12.2. The van der Waals surface area contributed by atoms with Crippen molar-refractivity contribution >= 4 is 34.9 Å². The van der Waals surface area contributed by atoms with Gasteiger partial charge in [0.25, 0.3) is 5.69 Å². The maximum absolute atomic E-state index is 10.6. The molecule has 0 unspecified atom stereocenters. The van der Waals surface area contributed by atoms with Gasteiger partial charge in [-0.3, -0.25) is 15.5 Å². The summed E-state index contributed by atoms with van der Waals surface area (Å²) in [5.74, 6) is 0.755. The maximum atomic E-state index is 10.6. The lowest BCUT2D eigenvalue weighted by molar-refractivity contribution is -0.384. The van der Waals surface area contributed by atoms with E-state index in [0.717, 1.165) is 17.0 Å². The van der Waals surface area contributed by atoms with E-state index in [4.69, 9.17) is 17.0 Å². The summed E-state index contributed by atoms with van der Waals surface area (Å²) in [6.45, 7) is 0. The smallest absolute Gasteiger partial charge is 0.269 e. The molecule has 0 radical (unpaired) electrons. The van der Waals surface area contributed by atoms with Gasteiger partial charge in [0.1, 0.15) is 5.75 Å². The molecule has 0 aliphatic rings. The summed E-state index contributed by atoms with van der Waals surface area (Å²) in [5.41, 5.74) is 4.22. The molecule has 0 amide bonds. The minimum Gasteiger partial charge on any atom is -0.497 e. The molecule has 0 heterocycles. The van der Waals surface area contributed by atoms with Gasteiger partial charge in [0.05, 0.1) is 18.2 Å². The number of nitro benzene ring substituents is 1. The van der Waals surface area contributed by atoms with Crippen LogP contribution in [0.4, 0.5) is 11.4 Å². The summed E-state index contributed by atoms with van der Waals surface area (Å²) in [6.07, 6.45) is 1.52. The molecule has 0 atom stereocenters. The number of methoxy groups -OCH3 is 1. The predicted octanol–water partition coefficient (Wildman–Crippen LogP) is 2.92. The van der Waals surface area contributed by atoms with Crippen LogP contribution in [0, 0.1) is 10.1 Å². The molecule has 23 heavy (non-hydrogen) atoms. The molecule has 2 aromatic carbocycles. The van der Waals surface area contributed by atoms with Gasteiger partial charge in [0.15, 0.2) is 5.11 Å². The van der Waals surface area contributed by atoms with Crippen LogP contribution in [0.2, 0.25) is 0 Å². The highest BCUT2D eigenvalue weighted by atomic mass is 32.1. The summed E-state index contributed by atoms with van der Waals surface area (Å²) in [6, 6.07) is 13.3. The molecule has 0 saturated carbocycles. The average Bonchev–Trinajstić information content (AvgIpc) is 2.56. The van der Waals surface area contributed by atoms with Crippen molar-refractivity contribution in [2.45, 2.75) is 0 Å². The van der Waals surface area contributed by atoms with Crippen LogP contribution in [0.25, 0.3) is 0 Å². The van der Waals surface area contributed by atoms with Crippen molar-refractivity contribution in [2.24, 2.45) is 5.10 Å². The number of nitrogens with zero attached hydrogens (tertiary/aromatic N) is 2. The minimum absolute atomic E-state index is 0.0341. The second kappa shape index (κ2) is 7.85. The number of nitrogens with one attached hydrogen (secondary N) is 2. The molecule has 0 bridgehead atoms. The van der Waals surface area contributed by atoms with E-state index >= 15 is 0 Å². The standard InChI is InChI=1S/C15H14N4O3S/c1-22-14-8-4-12(5-9-14)17-15(23)18-16-10-11-2-6-13(7-3-11)19(20)21/h2-10H,1H3,(H2,17,18,23)/b16-10+. The van der Waals surface area contributed by atoms with Gasteiger partial charge in [-0.2, -0.15) is 5.10 Å². The van der Waals surface area contributed by atoms with Gasteiger partial charge in [0.2, 0.25) is 0 Å². The fourth-order valence-electron chi connectivity index (χ4n) is 1.68. The number of benzene rings is 2. The van der Waals surface area contributed by atoms with Gasteiger partial charge < -0.3 is 10.1 Å². The van der Waals surface area contributed by atoms with Crippen LogP contribution in [0.1, 0.15) is 5.56 Å². The van der Waals surface area contributed by atoms with Gasteiger partial charge in [-0.15, -0.1) is 0 Å². The fourth-order valence-corrected chi connectivity index (χ4v) is 1.85. The first-order valence-corrected chi connectivity index (χ1v) is 6.98. The number of non-ortho nitro benzene ring substituents is 1. The van der Waals surface area contributed by atoms with Crippen molar-refractivity contribution in [3.63, 3.8) is 0 Å². The third-order valence-electron chi connectivity index (χ3n) is 2.83. The lowest BCUT2D eigenvalue weighted by Gasteiger charge is -2.07. The van der Waals surface area contributed by atoms with Crippen molar-refractivity contribution in [3.8, 4) is 5.75 Å². The van der Waals surface area contributed by atoms with Crippen LogP contribution < -0.4 is 15.5 Å². The Morgan fingerprint density at radius 2 is 1.87 bits per heavy atom. The molecular weight excluding hydrogens is 316 g/mol. The fraction of sp³-hybridized carbons (Fsp3) is 0.0667. The second-order valence-electron chi connectivity index (χ2n) is 4.40. The summed E-state index contributed by atoms with van der Waals surface area (Å²) >= 11 is 5.11. The van der Waals surface area contributed by atoms with Crippen LogP contribution in [-0.4, -0.2) is 23.4 Å². The molecular formula is C15H14N4O3S. The summed E-state index contributed by atoms with van der Waals surface area (Å²) in [5, 5.41) is 17.8. The van der Waals surface area contributed by atoms with E-state index in [0.29, 0.717) is 5.11 Å². The van der Waals surface area contributed by atoms with Gasteiger partial charge in [-0.1, -0.05) is 0 Å². The van der Waals surface area contributed by atoms with E-state index in [2.05, 4.69) is 15.8 Å². The molecule has 0 aliphatic carbocycles. The number of rotatable bonds is 5. The van der Waals surface area contributed by atoms with Crippen molar-refractivity contribution in [1.29, 1.82) is 0 Å². The topological polar surface area (TPSA) is 88.8 Å². The van der Waals surface area contributed by atoms with E-state index in [1.165, 1.54) is 18.3 Å². The number of anilines is 1. The van der Waals surface area contributed by atoms with Crippen LogP contribution in [-0.2, 0) is 0 Å². The highest BCUT2D eigenvalue weighted by molar-refractivity contribution is 7.80. The zero-order valence-corrected chi connectivity index (χ0v) is 13.0. The minimum atomic E-state index is -0.451. The normalized spacial score (nSPS) is 10.3. The number of hydrogen-bond acceptors (Lipinski definition) is 5. The second-order valence-corrected chi connectivity index (χ2v) is 4.81. The SMILES string of the molecule is COc1ccc(NC(=S)N/N=C/c2ccc([N+](=O)[O-])cc2)cc1. The summed E-state index contributed by atoms with van der Waals surface area (Å²) in [4.78, 5) is 10.1. The first-order valence-electron chi connectivity index (χ1n) is 6.57. The number of ether oxygens (including phenoxy) is 1.